The van der Waals surface area contributed by atoms with Gasteiger partial charge in [0.25, 0.3) is 5.91 Å². The molecule has 1 aromatic heterocycles. The predicted octanol–water partition coefficient (Wildman–Crippen LogP) is 12.1. The van der Waals surface area contributed by atoms with Crippen LogP contribution in [-0.2, 0) is 27.2 Å². The van der Waals surface area contributed by atoms with Crippen LogP contribution in [0.4, 0.5) is 36.2 Å². The van der Waals surface area contributed by atoms with E-state index in [0.717, 1.165) is 21.2 Å². The zero-order valence-corrected chi connectivity index (χ0v) is 49.2. The molecular weight excluding hydrogens is 1200 g/mol. The van der Waals surface area contributed by atoms with Crippen LogP contribution in [-0.4, -0.2) is 97.6 Å². The van der Waals surface area contributed by atoms with Crippen LogP contribution in [0.3, 0.4) is 0 Å². The first-order valence-corrected chi connectivity index (χ1v) is 25.8. The fourth-order valence-corrected chi connectivity index (χ4v) is 8.41. The number of hydrogen-bond donors (Lipinski definition) is 6. The highest BCUT2D eigenvalue weighted by molar-refractivity contribution is 7.80. The summed E-state index contributed by atoms with van der Waals surface area (Å²) in [6, 6.07) is 21.1. The van der Waals surface area contributed by atoms with Crippen LogP contribution in [0.2, 0.25) is 35.2 Å². The number of hydrogen-bond acceptors (Lipinski definition) is 14. The molecule has 0 aliphatic carbocycles. The molecule has 414 valence electrons. The number of anilines is 3. The number of alkyl carbamates (subject to hydrolysis) is 2. The highest BCUT2D eigenvalue weighted by atomic mass is 35.5. The molecule has 4 aromatic carbocycles. The summed E-state index contributed by atoms with van der Waals surface area (Å²) in [5, 5.41) is 46.7. The Morgan fingerprint density at radius 1 is 0.769 bits per heavy atom. The number of nitriles is 2. The van der Waals surface area contributed by atoms with Gasteiger partial charge in [-0.05, 0) is 105 Å². The first-order chi connectivity index (χ1) is 36.6. The number of carbonyl (C=O) groups excluding carboxylic acids is 5. The van der Waals surface area contributed by atoms with E-state index in [0.29, 0.717) is 34.4 Å². The van der Waals surface area contributed by atoms with E-state index in [-0.39, 0.29) is 65.1 Å². The fraction of sp³-hybridized carbons (Fsp3) is 0.286. The molecular formula is C49H49Cl7N12O8S2. The minimum absolute atomic E-state index is 0.0363. The van der Waals surface area contributed by atoms with Crippen molar-refractivity contribution in [3.05, 3.63) is 131 Å². The number of aryl methyl sites for hydroxylation is 1. The lowest BCUT2D eigenvalue weighted by molar-refractivity contribution is -0.116. The van der Waals surface area contributed by atoms with Gasteiger partial charge in [-0.2, -0.15) is 15.6 Å². The van der Waals surface area contributed by atoms with E-state index in [4.69, 9.17) is 116 Å². The van der Waals surface area contributed by atoms with Crippen LogP contribution in [0.5, 0.6) is 0 Å². The van der Waals surface area contributed by atoms with E-state index in [1.807, 2.05) is 45.0 Å². The number of amides is 7. The molecule has 2 heterocycles. The second kappa shape index (κ2) is 30.8. The number of ether oxygens (including phenoxy) is 2. The summed E-state index contributed by atoms with van der Waals surface area (Å²) in [5.41, 5.74) is 1.28. The normalized spacial score (nSPS) is 12.3. The van der Waals surface area contributed by atoms with Crippen molar-refractivity contribution < 1.29 is 38.6 Å². The zero-order chi connectivity index (χ0) is 58.7. The first kappa shape index (κ1) is 66.0. The van der Waals surface area contributed by atoms with Gasteiger partial charge in [0, 0.05) is 21.1 Å². The molecule has 29 heteroatoms. The van der Waals surface area contributed by atoms with E-state index >= 15 is 0 Å². The number of nitrogens with zero attached hydrogens (tertiary/aromatic N) is 7. The predicted molar refractivity (Wildman–Crippen MR) is 310 cm³/mol. The van der Waals surface area contributed by atoms with E-state index < -0.39 is 35.8 Å². The molecule has 0 saturated carbocycles. The smallest absolute Gasteiger partial charge is 0.413 e. The third kappa shape index (κ3) is 19.6. The Kier molecular flexibility index (Phi) is 26.0. The molecule has 1 aliphatic heterocycles. The number of urea groups is 2. The standard InChI is InChI=1S/C16H22ClN3O.C13H13Cl2N3O3.C12H14N4O4S2.C8Cl4N2/c1-15(2,3)16(21,10-20-12-18-11-19-20)9-8-13-4-6-14(17)7-5-13;1-7(2)16-12(20)17-6-11(19)18(13(17)21)10-4-8(14)3-9(15)5-10;1-19-11(17)15-9(21)13-7-5-3-4-6-8(7)14-10(22)16-12(18)20-2;9-5-3(1-13)6(10)8(12)7(11)4(5)2-14/h4-7,11-12,21H,8-10H2,1-3H3;3-5,7H,6H2,1-2H3,(H,16,20);3-6H,1-2H3,(H2,13,15,17,21)(H2,14,16,18,22);. The Hall–Kier alpha value is -6.28. The lowest BCUT2D eigenvalue weighted by Gasteiger charge is -2.40. The van der Waals surface area contributed by atoms with E-state index in [2.05, 4.69) is 46.1 Å². The minimum atomic E-state index is -0.861. The maximum atomic E-state index is 12.2. The molecule has 0 spiro atoms. The van der Waals surface area contributed by atoms with Crippen molar-refractivity contribution in [1.29, 1.82) is 10.5 Å². The van der Waals surface area contributed by atoms with E-state index in [9.17, 15) is 29.1 Å². The van der Waals surface area contributed by atoms with E-state index in [1.165, 1.54) is 44.3 Å². The largest absolute Gasteiger partial charge is 0.453 e. The number of para-hydroxylation sites is 2. The number of rotatable bonds is 9. The number of halogens is 7. The van der Waals surface area contributed by atoms with Crippen LogP contribution < -0.4 is 31.5 Å². The molecule has 1 saturated heterocycles. The minimum Gasteiger partial charge on any atom is -0.453 e. The summed E-state index contributed by atoms with van der Waals surface area (Å²) in [7, 11) is 2.45. The molecule has 0 bridgehead atoms. The Balaban J connectivity index is 0.000000277. The monoisotopic (exact) mass is 1240 g/mol. The van der Waals surface area contributed by atoms with Gasteiger partial charge >= 0.3 is 24.2 Å². The average molecular weight is 1250 g/mol. The van der Waals surface area contributed by atoms with Crippen molar-refractivity contribution in [3.8, 4) is 12.1 Å². The molecule has 6 N–H and O–H groups in total. The number of methoxy groups -OCH3 is 2. The highest BCUT2D eigenvalue weighted by Gasteiger charge is 2.42. The number of aliphatic hydroxyl groups is 1. The van der Waals surface area contributed by atoms with Gasteiger partial charge in [-0.25, -0.2) is 34.0 Å². The number of carbonyl (C=O) groups is 5. The summed E-state index contributed by atoms with van der Waals surface area (Å²) < 4.78 is 10.6. The highest BCUT2D eigenvalue weighted by Crippen LogP contribution is 2.40. The number of thiocarbonyl (C=S) groups is 2. The Morgan fingerprint density at radius 3 is 1.69 bits per heavy atom. The summed E-state index contributed by atoms with van der Waals surface area (Å²) in [5.74, 6) is -0.516. The maximum absolute atomic E-state index is 12.2. The SMILES string of the molecule is CC(C)(C)C(O)(CCc1ccc(Cl)cc1)Cn1cncn1.CC(C)NC(=O)N1CC(=O)N(c2cc(Cl)cc(Cl)c2)C1=O.COC(=O)NC(=S)Nc1ccccc1NC(=S)NC(=O)OC.N#Cc1c(Cl)c(Cl)c(Cl)c(C#N)c1Cl. The van der Waals surface area contributed by atoms with Crippen LogP contribution in [0.1, 0.15) is 57.7 Å². The average Bonchev–Trinajstić information content (AvgIpc) is 3.99. The van der Waals surface area contributed by atoms with Crippen molar-refractivity contribution in [3.63, 3.8) is 0 Å². The maximum Gasteiger partial charge on any atom is 0.413 e. The van der Waals surface area contributed by atoms with Crippen molar-refractivity contribution >= 4 is 163 Å². The zero-order valence-electron chi connectivity index (χ0n) is 42.3. The van der Waals surface area contributed by atoms with Crippen LogP contribution in [0, 0.1) is 28.1 Å². The topological polar surface area (TPSA) is 269 Å². The second-order valence-corrected chi connectivity index (χ2v) is 20.9. The first-order valence-electron chi connectivity index (χ1n) is 22.4. The van der Waals surface area contributed by atoms with Gasteiger partial charge in [-0.3, -0.25) is 20.1 Å². The third-order valence-corrected chi connectivity index (χ3v) is 13.3. The third-order valence-electron chi connectivity index (χ3n) is 10.5. The number of imide groups is 2. The summed E-state index contributed by atoms with van der Waals surface area (Å²) in [6.45, 7) is 9.78. The van der Waals surface area contributed by atoms with Gasteiger partial charge in [0.15, 0.2) is 10.2 Å². The van der Waals surface area contributed by atoms with Gasteiger partial charge < -0.3 is 30.5 Å². The van der Waals surface area contributed by atoms with Gasteiger partial charge in [0.05, 0.1) is 74.6 Å². The molecule has 6 rings (SSSR count). The van der Waals surface area contributed by atoms with Crippen molar-refractivity contribution in [2.45, 2.75) is 65.6 Å². The Labute approximate surface area is 495 Å². The molecule has 1 aliphatic rings. The van der Waals surface area contributed by atoms with Crippen molar-refractivity contribution in [2.24, 2.45) is 5.41 Å². The van der Waals surface area contributed by atoms with Crippen LogP contribution in [0.15, 0.2) is 79.4 Å². The summed E-state index contributed by atoms with van der Waals surface area (Å²) in [4.78, 5) is 64.0. The quantitative estimate of drug-likeness (QED) is 0.0347. The van der Waals surface area contributed by atoms with Crippen LogP contribution >= 0.6 is 106 Å². The molecule has 1 unspecified atom stereocenters. The fourth-order valence-electron chi connectivity index (χ4n) is 6.31. The van der Waals surface area contributed by atoms with Crippen molar-refractivity contribution in [1.82, 2.24) is 35.6 Å². The lowest BCUT2D eigenvalue weighted by Crippen LogP contribution is -2.47. The number of benzene rings is 4. The molecule has 20 nitrogen and oxygen atoms in total. The Bertz CT molecular complexity index is 2970. The second-order valence-electron chi connectivity index (χ2n) is 17.2. The van der Waals surface area contributed by atoms with Gasteiger partial charge in [0.1, 0.15) is 31.3 Å². The molecule has 5 aromatic rings. The number of nitrogens with one attached hydrogen (secondary N) is 5. The molecule has 7 amide bonds. The summed E-state index contributed by atoms with van der Waals surface area (Å²) in [6.07, 6.45) is 3.19. The summed E-state index contributed by atoms with van der Waals surface area (Å²) >= 11 is 50.4. The molecule has 1 fully saturated rings. The van der Waals surface area contributed by atoms with Gasteiger partial charge in [-0.1, -0.05) is 126 Å². The van der Waals surface area contributed by atoms with Crippen molar-refractivity contribution in [2.75, 3.05) is 36.3 Å². The molecule has 0 radical (unpaired) electrons. The molecule has 1 atom stereocenters. The van der Waals surface area contributed by atoms with Gasteiger partial charge in [0.2, 0.25) is 0 Å². The number of aromatic nitrogens is 3. The van der Waals surface area contributed by atoms with Gasteiger partial charge in [-0.15, -0.1) is 0 Å². The van der Waals surface area contributed by atoms with Crippen LogP contribution in [0.25, 0.3) is 0 Å². The Morgan fingerprint density at radius 2 is 1.27 bits per heavy atom. The van der Waals surface area contributed by atoms with E-state index in [1.54, 1.807) is 61.3 Å². The molecule has 78 heavy (non-hydrogen) atoms. The lowest BCUT2D eigenvalue weighted by atomic mass is 9.73.